The number of hydrogen-bond donors (Lipinski definition) is 1. The lowest BCUT2D eigenvalue weighted by Crippen LogP contribution is -2.54. The Morgan fingerprint density at radius 1 is 1.50 bits per heavy atom. The Balaban J connectivity index is 1.97. The minimum atomic E-state index is 0.0250. The number of morpholine rings is 1. The van der Waals surface area contributed by atoms with Crippen molar-refractivity contribution in [2.75, 3.05) is 33.3 Å². The standard InChI is InChI=1S/C11H21N3O2/c1-8(12)10-7-14(5-6-16-10)9-3-4-13(2)11(9)15/h8-10H,3-7,12H2,1-2H3. The van der Waals surface area contributed by atoms with Gasteiger partial charge in [-0.05, 0) is 13.3 Å². The number of likely N-dealkylation sites (tertiary alicyclic amines) is 1. The molecule has 5 nitrogen and oxygen atoms in total. The first-order chi connectivity index (χ1) is 7.59. The Hall–Kier alpha value is -0.650. The Labute approximate surface area is 96.5 Å². The molecule has 0 bridgehead atoms. The highest BCUT2D eigenvalue weighted by molar-refractivity contribution is 5.83. The number of nitrogens with two attached hydrogens (primary N) is 1. The van der Waals surface area contributed by atoms with Gasteiger partial charge in [-0.2, -0.15) is 0 Å². The van der Waals surface area contributed by atoms with E-state index in [9.17, 15) is 4.79 Å². The fourth-order valence-electron chi connectivity index (χ4n) is 2.44. The monoisotopic (exact) mass is 227 g/mol. The van der Waals surface area contributed by atoms with E-state index in [4.69, 9.17) is 10.5 Å². The molecule has 0 aromatic carbocycles. The van der Waals surface area contributed by atoms with Gasteiger partial charge in [0.25, 0.3) is 0 Å². The topological polar surface area (TPSA) is 58.8 Å². The van der Waals surface area contributed by atoms with Crippen LogP contribution < -0.4 is 5.73 Å². The summed E-state index contributed by atoms with van der Waals surface area (Å²) in [5, 5.41) is 0. The van der Waals surface area contributed by atoms with Crippen LogP contribution in [0.1, 0.15) is 13.3 Å². The zero-order valence-corrected chi connectivity index (χ0v) is 10.1. The minimum absolute atomic E-state index is 0.0250. The van der Waals surface area contributed by atoms with Crippen LogP contribution >= 0.6 is 0 Å². The molecular weight excluding hydrogens is 206 g/mol. The number of rotatable bonds is 2. The molecule has 2 saturated heterocycles. The summed E-state index contributed by atoms with van der Waals surface area (Å²) < 4.78 is 5.60. The summed E-state index contributed by atoms with van der Waals surface area (Å²) in [6.45, 7) is 5.12. The van der Waals surface area contributed by atoms with E-state index in [0.29, 0.717) is 6.61 Å². The second-order valence-corrected chi connectivity index (χ2v) is 4.83. The van der Waals surface area contributed by atoms with Crippen molar-refractivity contribution in [3.63, 3.8) is 0 Å². The van der Waals surface area contributed by atoms with Crippen LogP contribution in [0.4, 0.5) is 0 Å². The highest BCUT2D eigenvalue weighted by Crippen LogP contribution is 2.19. The van der Waals surface area contributed by atoms with Crippen molar-refractivity contribution < 1.29 is 9.53 Å². The molecule has 2 rings (SSSR count). The van der Waals surface area contributed by atoms with E-state index >= 15 is 0 Å². The third-order valence-electron chi connectivity index (χ3n) is 3.55. The maximum atomic E-state index is 11.9. The van der Waals surface area contributed by atoms with Crippen molar-refractivity contribution in [2.45, 2.75) is 31.5 Å². The van der Waals surface area contributed by atoms with Gasteiger partial charge in [0.1, 0.15) is 0 Å². The Morgan fingerprint density at radius 2 is 2.25 bits per heavy atom. The Bertz CT molecular complexity index is 270. The van der Waals surface area contributed by atoms with Gasteiger partial charge in [-0.1, -0.05) is 0 Å². The molecule has 0 spiro atoms. The number of carbonyl (C=O) groups is 1. The SMILES string of the molecule is CC(N)C1CN(C2CCN(C)C2=O)CCO1. The number of hydrogen-bond acceptors (Lipinski definition) is 4. The van der Waals surface area contributed by atoms with Crippen LogP contribution in [0.2, 0.25) is 0 Å². The van der Waals surface area contributed by atoms with E-state index in [1.807, 2.05) is 14.0 Å². The molecule has 5 heteroatoms. The molecule has 2 aliphatic heterocycles. The van der Waals surface area contributed by atoms with Gasteiger partial charge in [0.05, 0.1) is 18.8 Å². The Kier molecular flexibility index (Phi) is 3.47. The van der Waals surface area contributed by atoms with Crippen LogP contribution in [0, 0.1) is 0 Å². The number of nitrogens with zero attached hydrogens (tertiary/aromatic N) is 2. The van der Waals surface area contributed by atoms with Crippen molar-refractivity contribution in [2.24, 2.45) is 5.73 Å². The number of amides is 1. The molecule has 2 heterocycles. The number of likely N-dealkylation sites (N-methyl/N-ethyl adjacent to an activating group) is 1. The minimum Gasteiger partial charge on any atom is -0.374 e. The highest BCUT2D eigenvalue weighted by Gasteiger charge is 2.37. The first kappa shape index (κ1) is 11.8. The summed E-state index contributed by atoms with van der Waals surface area (Å²) in [6.07, 6.45) is 0.994. The molecular formula is C11H21N3O2. The fraction of sp³-hybridized carbons (Fsp3) is 0.909. The predicted molar refractivity (Wildman–Crippen MR) is 61.0 cm³/mol. The van der Waals surface area contributed by atoms with Gasteiger partial charge in [0.2, 0.25) is 5.91 Å². The maximum Gasteiger partial charge on any atom is 0.239 e. The molecule has 1 amide bonds. The zero-order chi connectivity index (χ0) is 11.7. The van der Waals surface area contributed by atoms with Gasteiger partial charge >= 0.3 is 0 Å². The molecule has 0 aromatic heterocycles. The summed E-state index contributed by atoms with van der Waals surface area (Å²) in [6, 6.07) is 0.0761. The van der Waals surface area contributed by atoms with Gasteiger partial charge in [-0.25, -0.2) is 0 Å². The van der Waals surface area contributed by atoms with Gasteiger partial charge in [0.15, 0.2) is 0 Å². The summed E-state index contributed by atoms with van der Waals surface area (Å²) in [5.41, 5.74) is 5.84. The molecule has 0 aliphatic carbocycles. The quantitative estimate of drug-likeness (QED) is 0.675. The summed E-state index contributed by atoms with van der Waals surface area (Å²) in [5.74, 6) is 0.241. The average molecular weight is 227 g/mol. The van der Waals surface area contributed by atoms with E-state index in [1.54, 1.807) is 4.90 Å². The molecule has 2 N–H and O–H groups in total. The predicted octanol–water partition coefficient (Wildman–Crippen LogP) is -0.735. The normalized spacial score (nSPS) is 34.4. The van der Waals surface area contributed by atoms with E-state index in [0.717, 1.165) is 26.1 Å². The largest absolute Gasteiger partial charge is 0.374 e. The molecule has 2 fully saturated rings. The third-order valence-corrected chi connectivity index (χ3v) is 3.55. The smallest absolute Gasteiger partial charge is 0.239 e. The van der Waals surface area contributed by atoms with Gasteiger partial charge in [-0.15, -0.1) is 0 Å². The van der Waals surface area contributed by atoms with Crippen LogP contribution in [0.25, 0.3) is 0 Å². The second-order valence-electron chi connectivity index (χ2n) is 4.83. The van der Waals surface area contributed by atoms with E-state index in [2.05, 4.69) is 4.90 Å². The third kappa shape index (κ3) is 2.21. The molecule has 92 valence electrons. The Morgan fingerprint density at radius 3 is 2.81 bits per heavy atom. The maximum absolute atomic E-state index is 11.9. The fourth-order valence-corrected chi connectivity index (χ4v) is 2.44. The van der Waals surface area contributed by atoms with Gasteiger partial charge < -0.3 is 15.4 Å². The van der Waals surface area contributed by atoms with E-state index in [-0.39, 0.29) is 24.1 Å². The van der Waals surface area contributed by atoms with Crippen molar-refractivity contribution in [3.05, 3.63) is 0 Å². The van der Waals surface area contributed by atoms with Crippen LogP contribution in [-0.4, -0.2) is 67.2 Å². The van der Waals surface area contributed by atoms with Crippen molar-refractivity contribution in [1.29, 1.82) is 0 Å². The average Bonchev–Trinajstić information content (AvgIpc) is 2.60. The summed E-state index contributed by atoms with van der Waals surface area (Å²) in [7, 11) is 1.87. The van der Waals surface area contributed by atoms with Gasteiger partial charge in [-0.3, -0.25) is 9.69 Å². The molecule has 0 radical (unpaired) electrons. The molecule has 16 heavy (non-hydrogen) atoms. The zero-order valence-electron chi connectivity index (χ0n) is 10.1. The molecule has 3 atom stereocenters. The van der Waals surface area contributed by atoms with E-state index < -0.39 is 0 Å². The lowest BCUT2D eigenvalue weighted by Gasteiger charge is -2.37. The first-order valence-electron chi connectivity index (χ1n) is 5.96. The summed E-state index contributed by atoms with van der Waals surface area (Å²) >= 11 is 0. The highest BCUT2D eigenvalue weighted by atomic mass is 16.5. The summed E-state index contributed by atoms with van der Waals surface area (Å²) in [4.78, 5) is 15.9. The van der Waals surface area contributed by atoms with Crippen molar-refractivity contribution in [1.82, 2.24) is 9.80 Å². The van der Waals surface area contributed by atoms with Gasteiger partial charge in [0, 0.05) is 32.7 Å². The lowest BCUT2D eigenvalue weighted by atomic mass is 10.1. The van der Waals surface area contributed by atoms with Crippen LogP contribution in [0.3, 0.4) is 0 Å². The molecule has 2 aliphatic rings. The van der Waals surface area contributed by atoms with Crippen molar-refractivity contribution >= 4 is 5.91 Å². The molecule has 0 saturated carbocycles. The van der Waals surface area contributed by atoms with Crippen LogP contribution in [-0.2, 0) is 9.53 Å². The lowest BCUT2D eigenvalue weighted by molar-refractivity contribution is -0.134. The molecule has 0 aromatic rings. The number of carbonyl (C=O) groups excluding carboxylic acids is 1. The molecule has 3 unspecified atom stereocenters. The van der Waals surface area contributed by atoms with Crippen LogP contribution in [0.15, 0.2) is 0 Å². The number of ether oxygens (including phenoxy) is 1. The first-order valence-corrected chi connectivity index (χ1v) is 5.96. The van der Waals surface area contributed by atoms with E-state index in [1.165, 1.54) is 0 Å². The van der Waals surface area contributed by atoms with Crippen molar-refractivity contribution in [3.8, 4) is 0 Å². The second kappa shape index (κ2) is 4.69. The van der Waals surface area contributed by atoms with Crippen LogP contribution in [0.5, 0.6) is 0 Å².